The van der Waals surface area contributed by atoms with Crippen LogP contribution in [0.1, 0.15) is 28.0 Å². The zero-order valence-electron chi connectivity index (χ0n) is 10.8. The molecule has 0 unspecified atom stereocenters. The second kappa shape index (κ2) is 6.57. The van der Waals surface area contributed by atoms with Crippen molar-refractivity contribution in [1.82, 2.24) is 4.98 Å². The third kappa shape index (κ3) is 3.51. The molecule has 0 bridgehead atoms. The molecule has 104 valence electrons. The van der Waals surface area contributed by atoms with Gasteiger partial charge < -0.3 is 0 Å². The van der Waals surface area contributed by atoms with Crippen LogP contribution in [0.15, 0.2) is 30.5 Å². The fourth-order valence-electron chi connectivity index (χ4n) is 1.87. The standard InChI is InChI=1S/C15H12Cl3NO/c1-9-7-12(18)13(19-8-9)5-6-14(20)15-10(16)3-2-4-11(15)17/h2-4,7-8H,5-6H2,1H3. The number of halogens is 3. The molecule has 2 aromatic rings. The predicted molar refractivity (Wildman–Crippen MR) is 83.1 cm³/mol. The van der Waals surface area contributed by atoms with Crippen LogP contribution in [0.5, 0.6) is 0 Å². The molecule has 0 N–H and O–H groups in total. The molecule has 2 nitrogen and oxygen atoms in total. The number of hydrogen-bond acceptors (Lipinski definition) is 2. The number of carbonyl (C=O) groups excluding carboxylic acids is 1. The van der Waals surface area contributed by atoms with Crippen LogP contribution < -0.4 is 0 Å². The summed E-state index contributed by atoms with van der Waals surface area (Å²) < 4.78 is 0. The molecule has 1 aromatic carbocycles. The second-order valence-corrected chi connectivity index (χ2v) is 5.68. The van der Waals surface area contributed by atoms with E-state index in [1.165, 1.54) is 0 Å². The molecule has 20 heavy (non-hydrogen) atoms. The maximum absolute atomic E-state index is 12.2. The van der Waals surface area contributed by atoms with Gasteiger partial charge >= 0.3 is 0 Å². The van der Waals surface area contributed by atoms with E-state index in [1.54, 1.807) is 24.4 Å². The van der Waals surface area contributed by atoms with Gasteiger partial charge in [0.25, 0.3) is 0 Å². The average Bonchev–Trinajstić information content (AvgIpc) is 2.37. The van der Waals surface area contributed by atoms with Crippen molar-refractivity contribution >= 4 is 40.6 Å². The van der Waals surface area contributed by atoms with Gasteiger partial charge in [0, 0.05) is 12.6 Å². The van der Waals surface area contributed by atoms with Crippen LogP contribution in [0, 0.1) is 6.92 Å². The molecule has 0 amide bonds. The Morgan fingerprint density at radius 2 is 1.80 bits per heavy atom. The summed E-state index contributed by atoms with van der Waals surface area (Å²) in [4.78, 5) is 16.4. The van der Waals surface area contributed by atoms with Gasteiger partial charge in [-0.3, -0.25) is 9.78 Å². The van der Waals surface area contributed by atoms with E-state index in [9.17, 15) is 4.79 Å². The molecule has 0 aliphatic carbocycles. The van der Waals surface area contributed by atoms with Gasteiger partial charge in [-0.2, -0.15) is 0 Å². The predicted octanol–water partition coefficient (Wildman–Crippen LogP) is 5.17. The Morgan fingerprint density at radius 1 is 1.15 bits per heavy atom. The van der Waals surface area contributed by atoms with E-state index in [1.807, 2.05) is 13.0 Å². The number of nitrogens with zero attached hydrogens (tertiary/aromatic N) is 1. The molecule has 5 heteroatoms. The minimum Gasteiger partial charge on any atom is -0.294 e. The summed E-state index contributed by atoms with van der Waals surface area (Å²) in [5, 5.41) is 1.30. The van der Waals surface area contributed by atoms with Crippen molar-refractivity contribution in [2.24, 2.45) is 0 Å². The summed E-state index contributed by atoms with van der Waals surface area (Å²) in [6.07, 6.45) is 2.45. The normalized spacial score (nSPS) is 10.6. The fraction of sp³-hybridized carbons (Fsp3) is 0.200. The average molecular weight is 329 g/mol. The molecule has 1 heterocycles. The van der Waals surface area contributed by atoms with Crippen LogP contribution in [-0.4, -0.2) is 10.8 Å². The third-order valence-electron chi connectivity index (χ3n) is 2.88. The summed E-state index contributed by atoms with van der Waals surface area (Å²) >= 11 is 18.1. The third-order valence-corrected chi connectivity index (χ3v) is 3.84. The minimum absolute atomic E-state index is 0.112. The largest absolute Gasteiger partial charge is 0.294 e. The zero-order chi connectivity index (χ0) is 14.7. The number of carbonyl (C=O) groups is 1. The Bertz CT molecular complexity index is 635. The van der Waals surface area contributed by atoms with E-state index < -0.39 is 0 Å². The Kier molecular flexibility index (Phi) is 5.03. The van der Waals surface area contributed by atoms with Crippen molar-refractivity contribution in [3.8, 4) is 0 Å². The number of ketones is 1. The Morgan fingerprint density at radius 3 is 2.40 bits per heavy atom. The molecule has 0 fully saturated rings. The fourth-order valence-corrected chi connectivity index (χ4v) is 2.79. The number of benzene rings is 1. The van der Waals surface area contributed by atoms with Crippen molar-refractivity contribution in [3.63, 3.8) is 0 Å². The first-order valence-electron chi connectivity index (χ1n) is 6.07. The molecule has 0 atom stereocenters. The number of rotatable bonds is 4. The monoisotopic (exact) mass is 327 g/mol. The number of aromatic nitrogens is 1. The first-order chi connectivity index (χ1) is 9.49. The highest BCUT2D eigenvalue weighted by molar-refractivity contribution is 6.39. The van der Waals surface area contributed by atoms with Crippen LogP contribution in [0.2, 0.25) is 15.1 Å². The number of aryl methyl sites for hydroxylation is 2. The van der Waals surface area contributed by atoms with Crippen LogP contribution in [-0.2, 0) is 6.42 Å². The van der Waals surface area contributed by atoms with Crippen molar-refractivity contribution in [2.75, 3.05) is 0 Å². The molecule has 0 saturated heterocycles. The Balaban J connectivity index is 2.13. The molecule has 1 aromatic heterocycles. The zero-order valence-corrected chi connectivity index (χ0v) is 13.1. The first kappa shape index (κ1) is 15.3. The van der Waals surface area contributed by atoms with Crippen molar-refractivity contribution in [1.29, 1.82) is 0 Å². The molecule has 0 saturated carbocycles. The lowest BCUT2D eigenvalue weighted by Crippen LogP contribution is -2.04. The van der Waals surface area contributed by atoms with E-state index in [2.05, 4.69) is 4.98 Å². The maximum Gasteiger partial charge on any atom is 0.166 e. The Labute approximate surface area is 132 Å². The smallest absolute Gasteiger partial charge is 0.166 e. The van der Waals surface area contributed by atoms with Crippen molar-refractivity contribution in [2.45, 2.75) is 19.8 Å². The van der Waals surface area contributed by atoms with E-state index in [4.69, 9.17) is 34.8 Å². The van der Waals surface area contributed by atoms with Crippen LogP contribution in [0.25, 0.3) is 0 Å². The summed E-state index contributed by atoms with van der Waals surface area (Å²) in [6.45, 7) is 1.91. The first-order valence-corrected chi connectivity index (χ1v) is 7.20. The molecule has 0 aliphatic heterocycles. The maximum atomic E-state index is 12.2. The van der Waals surface area contributed by atoms with Crippen molar-refractivity contribution in [3.05, 3.63) is 62.4 Å². The van der Waals surface area contributed by atoms with Gasteiger partial charge in [-0.05, 0) is 37.1 Å². The highest BCUT2D eigenvalue weighted by atomic mass is 35.5. The second-order valence-electron chi connectivity index (χ2n) is 4.46. The van der Waals surface area contributed by atoms with Gasteiger partial charge in [0.2, 0.25) is 0 Å². The minimum atomic E-state index is -0.112. The summed E-state index contributed by atoms with van der Waals surface area (Å²) in [5.41, 5.74) is 2.05. The molecule has 0 radical (unpaired) electrons. The highest BCUT2D eigenvalue weighted by Crippen LogP contribution is 2.26. The van der Waals surface area contributed by atoms with Crippen LogP contribution in [0.3, 0.4) is 0 Å². The number of pyridine rings is 1. The molecule has 0 spiro atoms. The topological polar surface area (TPSA) is 30.0 Å². The lowest BCUT2D eigenvalue weighted by atomic mass is 10.0. The lowest BCUT2D eigenvalue weighted by molar-refractivity contribution is 0.0983. The van der Waals surface area contributed by atoms with E-state index in [0.717, 1.165) is 5.56 Å². The van der Waals surface area contributed by atoms with Gasteiger partial charge in [0.1, 0.15) is 0 Å². The number of hydrogen-bond donors (Lipinski definition) is 0. The molecular weight excluding hydrogens is 317 g/mol. The highest BCUT2D eigenvalue weighted by Gasteiger charge is 2.15. The Hall–Kier alpha value is -1.09. The summed E-state index contributed by atoms with van der Waals surface area (Å²) in [6, 6.07) is 6.84. The van der Waals surface area contributed by atoms with Crippen molar-refractivity contribution < 1.29 is 4.79 Å². The molecule has 0 aliphatic rings. The van der Waals surface area contributed by atoms with E-state index in [0.29, 0.717) is 32.7 Å². The summed E-state index contributed by atoms with van der Waals surface area (Å²) in [7, 11) is 0. The summed E-state index contributed by atoms with van der Waals surface area (Å²) in [5.74, 6) is -0.112. The van der Waals surface area contributed by atoms with Gasteiger partial charge in [0.05, 0.1) is 26.3 Å². The van der Waals surface area contributed by atoms with E-state index in [-0.39, 0.29) is 12.2 Å². The van der Waals surface area contributed by atoms with Crippen LogP contribution in [0.4, 0.5) is 0 Å². The molecule has 2 rings (SSSR count). The van der Waals surface area contributed by atoms with Gasteiger partial charge in [-0.25, -0.2) is 0 Å². The van der Waals surface area contributed by atoms with Gasteiger partial charge in [-0.1, -0.05) is 40.9 Å². The SMILES string of the molecule is Cc1cnc(CCC(=O)c2c(Cl)cccc2Cl)c(Cl)c1. The molecular formula is C15H12Cl3NO. The van der Waals surface area contributed by atoms with Crippen LogP contribution >= 0.6 is 34.8 Å². The van der Waals surface area contributed by atoms with Gasteiger partial charge in [0.15, 0.2) is 5.78 Å². The quantitative estimate of drug-likeness (QED) is 0.725. The lowest BCUT2D eigenvalue weighted by Gasteiger charge is -2.07. The number of Topliss-reactive ketones (excluding diaryl/α,β-unsaturated/α-hetero) is 1. The van der Waals surface area contributed by atoms with E-state index >= 15 is 0 Å². The van der Waals surface area contributed by atoms with Gasteiger partial charge in [-0.15, -0.1) is 0 Å².